The van der Waals surface area contributed by atoms with Gasteiger partial charge in [0.25, 0.3) is 0 Å². The fourth-order valence-corrected chi connectivity index (χ4v) is 2.37. The van der Waals surface area contributed by atoms with Crippen LogP contribution in [0.1, 0.15) is 19.4 Å². The standard InChI is InChI=1S/C15H19N3O4.C4H9NO3/c1-8(13(17)14(19)20)22-15(21)11(16)6-9-7-18-12-5-3-2-4-10(9)12;1-2(6)3(5)4(7)8/h2-5,7-8,11,13,18H,6,16-17H2,1H3,(H,19,20);2-3,6H,5H2,1H3,(H,7,8)/t8-,11+,13+;2-,3+/m11/s1. The first-order chi connectivity index (χ1) is 14.0. The number of carboxylic acid groups (broad SMARTS) is 2. The van der Waals surface area contributed by atoms with Crippen molar-refractivity contribution in [2.75, 3.05) is 0 Å². The van der Waals surface area contributed by atoms with Crippen LogP contribution in [0.25, 0.3) is 10.9 Å². The van der Waals surface area contributed by atoms with Crippen LogP contribution in [0, 0.1) is 0 Å². The Morgan fingerprint density at radius 2 is 1.60 bits per heavy atom. The van der Waals surface area contributed by atoms with Crippen LogP contribution < -0.4 is 17.2 Å². The fourth-order valence-electron chi connectivity index (χ4n) is 2.37. The average Bonchev–Trinajstić information content (AvgIpc) is 3.09. The van der Waals surface area contributed by atoms with E-state index in [-0.39, 0.29) is 6.42 Å². The molecule has 0 aliphatic heterocycles. The molecule has 1 aromatic heterocycles. The number of hydrogen-bond acceptors (Lipinski definition) is 8. The third kappa shape index (κ3) is 7.12. The first-order valence-electron chi connectivity index (χ1n) is 9.11. The largest absolute Gasteiger partial charge is 0.480 e. The maximum Gasteiger partial charge on any atom is 0.324 e. The Morgan fingerprint density at radius 1 is 1.03 bits per heavy atom. The van der Waals surface area contributed by atoms with E-state index in [9.17, 15) is 14.4 Å². The Bertz CT molecular complexity index is 867. The zero-order valence-electron chi connectivity index (χ0n) is 16.7. The molecule has 0 fully saturated rings. The summed E-state index contributed by atoms with van der Waals surface area (Å²) in [6.45, 7) is 2.76. The molecule has 11 heteroatoms. The predicted molar refractivity (Wildman–Crippen MR) is 108 cm³/mol. The summed E-state index contributed by atoms with van der Waals surface area (Å²) >= 11 is 0. The molecule has 5 atom stereocenters. The number of carbonyl (C=O) groups is 3. The fraction of sp³-hybridized carbons (Fsp3) is 0.421. The molecule has 0 saturated carbocycles. The SMILES string of the molecule is C[C@@H](O)[C@H](N)C(=O)O.C[C@@H](OC(=O)[C@@H](N)Cc1c[nH]c2ccccc12)[C@H](N)C(=O)O. The molecular weight excluding hydrogens is 396 g/mol. The Hall–Kier alpha value is -2.99. The van der Waals surface area contributed by atoms with E-state index < -0.39 is 48.2 Å². The third-order valence-electron chi connectivity index (χ3n) is 4.32. The van der Waals surface area contributed by atoms with Crippen molar-refractivity contribution >= 4 is 28.8 Å². The first kappa shape index (κ1) is 25.0. The van der Waals surface area contributed by atoms with Crippen molar-refractivity contribution in [3.05, 3.63) is 36.0 Å². The minimum absolute atomic E-state index is 0.290. The van der Waals surface area contributed by atoms with Gasteiger partial charge in [-0.1, -0.05) is 18.2 Å². The zero-order chi connectivity index (χ0) is 23.0. The van der Waals surface area contributed by atoms with Crippen LogP contribution in [-0.4, -0.2) is 68.5 Å². The number of H-pyrrole nitrogens is 1. The first-order valence-corrected chi connectivity index (χ1v) is 9.11. The number of fused-ring (bicyclic) bond motifs is 1. The van der Waals surface area contributed by atoms with E-state index in [4.69, 9.17) is 37.3 Å². The summed E-state index contributed by atoms with van der Waals surface area (Å²) in [6, 6.07) is 4.35. The van der Waals surface area contributed by atoms with E-state index in [2.05, 4.69) is 4.98 Å². The summed E-state index contributed by atoms with van der Waals surface area (Å²) in [4.78, 5) is 35.6. The van der Waals surface area contributed by atoms with E-state index in [1.54, 1.807) is 6.20 Å². The number of benzene rings is 1. The van der Waals surface area contributed by atoms with Gasteiger partial charge in [0.05, 0.1) is 6.10 Å². The number of ether oxygens (including phenoxy) is 1. The van der Waals surface area contributed by atoms with Crippen molar-refractivity contribution in [3.8, 4) is 0 Å². The normalized spacial score (nSPS) is 15.8. The smallest absolute Gasteiger partial charge is 0.324 e. The number of esters is 1. The van der Waals surface area contributed by atoms with Crippen molar-refractivity contribution in [2.24, 2.45) is 17.2 Å². The van der Waals surface area contributed by atoms with Crippen LogP contribution in [0.2, 0.25) is 0 Å². The quantitative estimate of drug-likeness (QED) is 0.261. The zero-order valence-corrected chi connectivity index (χ0v) is 16.7. The van der Waals surface area contributed by atoms with Gasteiger partial charge in [-0.3, -0.25) is 14.4 Å². The lowest BCUT2D eigenvalue weighted by molar-refractivity contribution is -0.154. The maximum absolute atomic E-state index is 11.9. The Kier molecular flexibility index (Phi) is 9.40. The molecule has 11 nitrogen and oxygen atoms in total. The monoisotopic (exact) mass is 424 g/mol. The Labute approximate surface area is 172 Å². The van der Waals surface area contributed by atoms with E-state index >= 15 is 0 Å². The van der Waals surface area contributed by atoms with Gasteiger partial charge in [-0.05, 0) is 25.5 Å². The minimum Gasteiger partial charge on any atom is -0.480 e. The number of aliphatic hydroxyl groups excluding tert-OH is 1. The summed E-state index contributed by atoms with van der Waals surface area (Å²) in [5.74, 6) is -3.08. The molecule has 0 radical (unpaired) electrons. The molecule has 2 aromatic rings. The molecule has 0 bridgehead atoms. The van der Waals surface area contributed by atoms with Crippen LogP contribution in [-0.2, 0) is 25.5 Å². The van der Waals surface area contributed by atoms with Gasteiger partial charge in [-0.15, -0.1) is 0 Å². The lowest BCUT2D eigenvalue weighted by atomic mass is 10.1. The number of aromatic nitrogens is 1. The second-order valence-corrected chi connectivity index (χ2v) is 6.78. The highest BCUT2D eigenvalue weighted by Crippen LogP contribution is 2.19. The van der Waals surface area contributed by atoms with Gasteiger partial charge in [0, 0.05) is 23.5 Å². The van der Waals surface area contributed by atoms with Crippen LogP contribution >= 0.6 is 0 Å². The number of hydrogen-bond donors (Lipinski definition) is 7. The molecule has 0 saturated heterocycles. The van der Waals surface area contributed by atoms with Gasteiger partial charge >= 0.3 is 17.9 Å². The number of aliphatic hydroxyl groups is 1. The van der Waals surface area contributed by atoms with Crippen molar-refractivity contribution < 1.29 is 34.4 Å². The molecule has 2 rings (SSSR count). The van der Waals surface area contributed by atoms with Crippen molar-refractivity contribution in [1.82, 2.24) is 4.98 Å². The molecular formula is C19H28N4O7. The second-order valence-electron chi connectivity index (χ2n) is 6.78. The molecule has 0 amide bonds. The topological polar surface area (TPSA) is 215 Å². The predicted octanol–water partition coefficient (Wildman–Crippen LogP) is -0.840. The summed E-state index contributed by atoms with van der Waals surface area (Å²) in [5, 5.41) is 26.3. The molecule has 1 heterocycles. The molecule has 166 valence electrons. The number of aromatic amines is 1. The van der Waals surface area contributed by atoms with Gasteiger partial charge in [0.2, 0.25) is 0 Å². The molecule has 30 heavy (non-hydrogen) atoms. The highest BCUT2D eigenvalue weighted by molar-refractivity contribution is 5.84. The third-order valence-corrected chi connectivity index (χ3v) is 4.32. The van der Waals surface area contributed by atoms with E-state index in [1.807, 2.05) is 24.3 Å². The number of nitrogens with two attached hydrogens (primary N) is 3. The van der Waals surface area contributed by atoms with Gasteiger partial charge in [0.1, 0.15) is 24.2 Å². The number of rotatable bonds is 8. The summed E-state index contributed by atoms with van der Waals surface area (Å²) < 4.78 is 5.02. The van der Waals surface area contributed by atoms with Crippen LogP contribution in [0.5, 0.6) is 0 Å². The van der Waals surface area contributed by atoms with E-state index in [0.29, 0.717) is 0 Å². The number of nitrogens with one attached hydrogen (secondary N) is 1. The number of carbonyl (C=O) groups excluding carboxylic acids is 1. The van der Waals surface area contributed by atoms with Crippen molar-refractivity contribution in [2.45, 2.75) is 50.6 Å². The Balaban J connectivity index is 0.000000479. The number of carboxylic acids is 2. The molecule has 0 aliphatic carbocycles. The number of aliphatic carboxylic acids is 2. The second kappa shape index (κ2) is 11.3. The Morgan fingerprint density at radius 3 is 2.10 bits per heavy atom. The van der Waals surface area contributed by atoms with Crippen LogP contribution in [0.3, 0.4) is 0 Å². The maximum atomic E-state index is 11.9. The average molecular weight is 424 g/mol. The van der Waals surface area contributed by atoms with Crippen molar-refractivity contribution in [3.63, 3.8) is 0 Å². The van der Waals surface area contributed by atoms with Gasteiger partial charge < -0.3 is 42.2 Å². The summed E-state index contributed by atoms with van der Waals surface area (Å²) in [6.07, 6.45) is 0.161. The molecule has 0 aliphatic rings. The summed E-state index contributed by atoms with van der Waals surface area (Å²) in [5.41, 5.74) is 18.0. The van der Waals surface area contributed by atoms with Crippen molar-refractivity contribution in [1.29, 1.82) is 0 Å². The van der Waals surface area contributed by atoms with Gasteiger partial charge in [0.15, 0.2) is 0 Å². The highest BCUT2D eigenvalue weighted by atomic mass is 16.5. The van der Waals surface area contributed by atoms with Gasteiger partial charge in [-0.2, -0.15) is 0 Å². The molecule has 1 aromatic carbocycles. The number of para-hydroxylation sites is 1. The molecule has 0 unspecified atom stereocenters. The van der Waals surface area contributed by atoms with E-state index in [0.717, 1.165) is 16.5 Å². The lowest BCUT2D eigenvalue weighted by Gasteiger charge is -2.19. The molecule has 10 N–H and O–H groups in total. The highest BCUT2D eigenvalue weighted by Gasteiger charge is 2.26. The van der Waals surface area contributed by atoms with Gasteiger partial charge in [-0.25, -0.2) is 0 Å². The van der Waals surface area contributed by atoms with Crippen LogP contribution in [0.15, 0.2) is 30.5 Å². The van der Waals surface area contributed by atoms with E-state index in [1.165, 1.54) is 13.8 Å². The van der Waals surface area contributed by atoms with Crippen LogP contribution in [0.4, 0.5) is 0 Å². The minimum atomic E-state index is -1.27. The lowest BCUT2D eigenvalue weighted by Crippen LogP contribution is -2.45. The summed E-state index contributed by atoms with van der Waals surface area (Å²) in [7, 11) is 0. The molecule has 0 spiro atoms.